The molecule has 2 aromatic carbocycles. The first kappa shape index (κ1) is 20.0. The monoisotopic (exact) mass is 483 g/mol. The molecule has 31 heavy (non-hydrogen) atoms. The molecule has 6 nitrogen and oxygen atoms in total. The van der Waals surface area contributed by atoms with Crippen LogP contribution in [-0.2, 0) is 25.4 Å². The molecule has 0 radical (unpaired) electrons. The molecule has 0 saturated heterocycles. The zero-order chi connectivity index (χ0) is 21.9. The molecule has 1 aliphatic heterocycles. The van der Waals surface area contributed by atoms with E-state index >= 15 is 0 Å². The van der Waals surface area contributed by atoms with Gasteiger partial charge in [0, 0.05) is 30.7 Å². The number of aromatic nitrogens is 3. The molecule has 2 aromatic heterocycles. The lowest BCUT2D eigenvalue weighted by Crippen LogP contribution is -2.37. The van der Waals surface area contributed by atoms with Gasteiger partial charge in [-0.05, 0) is 23.8 Å². The second kappa shape index (κ2) is 7.32. The molecule has 158 valence electrons. The van der Waals surface area contributed by atoms with Crippen LogP contribution in [-0.4, -0.2) is 20.3 Å². The summed E-state index contributed by atoms with van der Waals surface area (Å²) in [7, 11) is 3.14. The van der Waals surface area contributed by atoms with Crippen molar-refractivity contribution in [1.29, 1.82) is 0 Å². The minimum absolute atomic E-state index is 0.338. The average Bonchev–Trinajstić information content (AvgIpc) is 3.12. The van der Waals surface area contributed by atoms with Gasteiger partial charge < -0.3 is 9.30 Å². The van der Waals surface area contributed by atoms with Gasteiger partial charge in [-0.25, -0.2) is 9.18 Å². The number of nitrogens with zero attached hydrogens (tertiary/aromatic N) is 3. The van der Waals surface area contributed by atoms with E-state index in [9.17, 15) is 14.0 Å². The summed E-state index contributed by atoms with van der Waals surface area (Å²) >= 11 is 3.61. The maximum Gasteiger partial charge on any atom is 0.331 e. The summed E-state index contributed by atoms with van der Waals surface area (Å²) in [6, 6.07) is 13.8. The van der Waals surface area contributed by atoms with Crippen molar-refractivity contribution in [3.8, 4) is 11.3 Å². The molecule has 0 saturated carbocycles. The van der Waals surface area contributed by atoms with E-state index < -0.39 is 11.8 Å². The number of benzene rings is 2. The van der Waals surface area contributed by atoms with Gasteiger partial charge in [0.05, 0.1) is 28.9 Å². The van der Waals surface area contributed by atoms with Crippen molar-refractivity contribution in [3.05, 3.63) is 90.9 Å². The zero-order valence-corrected chi connectivity index (χ0v) is 18.5. The van der Waals surface area contributed by atoms with Crippen molar-refractivity contribution in [2.75, 3.05) is 6.61 Å². The largest absolute Gasteiger partial charge is 0.365 e. The Balaban J connectivity index is 1.96. The number of ether oxygens (including phenoxy) is 1. The molecule has 0 amide bonds. The van der Waals surface area contributed by atoms with Gasteiger partial charge in [0.25, 0.3) is 5.56 Å². The van der Waals surface area contributed by atoms with E-state index in [0.717, 1.165) is 31.6 Å². The van der Waals surface area contributed by atoms with Gasteiger partial charge in [0.15, 0.2) is 0 Å². The Morgan fingerprint density at radius 3 is 2.45 bits per heavy atom. The van der Waals surface area contributed by atoms with Crippen molar-refractivity contribution in [2.45, 2.75) is 12.6 Å². The van der Waals surface area contributed by atoms with E-state index in [2.05, 4.69) is 20.5 Å². The maximum atomic E-state index is 13.5. The second-order valence-electron chi connectivity index (χ2n) is 7.60. The molecule has 0 spiro atoms. The van der Waals surface area contributed by atoms with E-state index in [0.29, 0.717) is 24.1 Å². The summed E-state index contributed by atoms with van der Waals surface area (Å²) in [6.07, 6.45) is -0.536. The van der Waals surface area contributed by atoms with Gasteiger partial charge in [-0.2, -0.15) is 0 Å². The molecule has 0 aliphatic carbocycles. The Morgan fingerprint density at radius 2 is 1.74 bits per heavy atom. The summed E-state index contributed by atoms with van der Waals surface area (Å²) in [5, 5.41) is 0.462. The average molecular weight is 484 g/mol. The highest BCUT2D eigenvalue weighted by Crippen LogP contribution is 2.42. The quantitative estimate of drug-likeness (QED) is 0.436. The zero-order valence-electron chi connectivity index (χ0n) is 16.9. The van der Waals surface area contributed by atoms with Crippen molar-refractivity contribution in [1.82, 2.24) is 13.7 Å². The number of aryl methyl sites for hydroxylation is 1. The second-order valence-corrected chi connectivity index (χ2v) is 8.45. The number of fused-ring (bicyclic) bond motifs is 3. The van der Waals surface area contributed by atoms with Crippen molar-refractivity contribution >= 4 is 26.8 Å². The van der Waals surface area contributed by atoms with Gasteiger partial charge in [0.1, 0.15) is 11.9 Å². The van der Waals surface area contributed by atoms with Crippen LogP contribution in [0, 0.1) is 5.82 Å². The van der Waals surface area contributed by atoms with E-state index in [4.69, 9.17) is 4.74 Å². The van der Waals surface area contributed by atoms with E-state index in [1.54, 1.807) is 19.2 Å². The fourth-order valence-electron chi connectivity index (χ4n) is 4.40. The maximum absolute atomic E-state index is 13.5. The van der Waals surface area contributed by atoms with Crippen LogP contribution in [0.5, 0.6) is 0 Å². The van der Waals surface area contributed by atoms with Gasteiger partial charge in [0.2, 0.25) is 0 Å². The minimum Gasteiger partial charge on any atom is -0.365 e. The normalized spacial score (nSPS) is 15.9. The number of hydrogen-bond donors (Lipinski definition) is 0. The predicted octanol–water partition coefficient (Wildman–Crippen LogP) is 3.73. The van der Waals surface area contributed by atoms with E-state index in [1.807, 2.05) is 24.3 Å². The first-order valence-electron chi connectivity index (χ1n) is 9.84. The molecule has 1 atom stereocenters. The highest BCUT2D eigenvalue weighted by Gasteiger charge is 2.33. The van der Waals surface area contributed by atoms with Crippen molar-refractivity contribution < 1.29 is 9.13 Å². The lowest BCUT2D eigenvalue weighted by Gasteiger charge is -2.27. The van der Waals surface area contributed by atoms with Crippen LogP contribution in [0.3, 0.4) is 0 Å². The number of hydrogen-bond acceptors (Lipinski definition) is 3. The van der Waals surface area contributed by atoms with Crippen molar-refractivity contribution in [2.24, 2.45) is 14.1 Å². The summed E-state index contributed by atoms with van der Waals surface area (Å²) in [5.74, 6) is -0.338. The van der Waals surface area contributed by atoms with Crippen LogP contribution in [0.4, 0.5) is 4.39 Å². The van der Waals surface area contributed by atoms with E-state index in [1.165, 1.54) is 23.7 Å². The Morgan fingerprint density at radius 1 is 1.03 bits per heavy atom. The van der Waals surface area contributed by atoms with Gasteiger partial charge in [-0.1, -0.05) is 46.3 Å². The van der Waals surface area contributed by atoms with Gasteiger partial charge in [-0.15, -0.1) is 0 Å². The Labute approximate surface area is 185 Å². The lowest BCUT2D eigenvalue weighted by atomic mass is 10.0. The first-order valence-corrected chi connectivity index (χ1v) is 10.6. The van der Waals surface area contributed by atoms with E-state index in [-0.39, 0.29) is 11.4 Å². The minimum atomic E-state index is -0.536. The van der Waals surface area contributed by atoms with Crippen molar-refractivity contribution in [3.63, 3.8) is 0 Å². The van der Waals surface area contributed by atoms with Crippen LogP contribution < -0.4 is 11.2 Å². The Bertz CT molecular complexity index is 1450. The Hall–Kier alpha value is -2.97. The lowest BCUT2D eigenvalue weighted by molar-refractivity contribution is 0.0478. The molecular formula is C23H19BrFN3O3. The van der Waals surface area contributed by atoms with Crippen LogP contribution in [0.2, 0.25) is 0 Å². The fraction of sp³-hybridized carbons (Fsp3) is 0.217. The summed E-state index contributed by atoms with van der Waals surface area (Å²) in [6.45, 7) is 0.942. The SMILES string of the molecule is Cn1c(=O)c2c(-c3ccccc3Br)n3c(c2n(C)c1=O)C(c1ccc(F)cc1)OCC3. The fourth-order valence-corrected chi connectivity index (χ4v) is 4.88. The molecular weight excluding hydrogens is 465 g/mol. The number of halogens is 2. The van der Waals surface area contributed by atoms with Gasteiger partial charge >= 0.3 is 5.69 Å². The summed E-state index contributed by atoms with van der Waals surface area (Å²) in [5.41, 5.74) is 2.84. The highest BCUT2D eigenvalue weighted by molar-refractivity contribution is 9.10. The molecule has 8 heteroatoms. The smallest absolute Gasteiger partial charge is 0.331 e. The van der Waals surface area contributed by atoms with Gasteiger partial charge in [-0.3, -0.25) is 13.9 Å². The topological polar surface area (TPSA) is 58.2 Å². The van der Waals surface area contributed by atoms with Crippen LogP contribution in [0.15, 0.2) is 62.6 Å². The molecule has 1 unspecified atom stereocenters. The third kappa shape index (κ3) is 2.93. The Kier molecular flexibility index (Phi) is 4.71. The molecule has 0 bridgehead atoms. The number of rotatable bonds is 2. The predicted molar refractivity (Wildman–Crippen MR) is 120 cm³/mol. The van der Waals surface area contributed by atoms with Crippen LogP contribution >= 0.6 is 15.9 Å². The third-order valence-electron chi connectivity index (χ3n) is 5.85. The molecule has 3 heterocycles. The summed E-state index contributed by atoms with van der Waals surface area (Å²) in [4.78, 5) is 26.1. The standard InChI is InChI=1S/C23H19BrFN3O3/c1-26-19-17(22(29)27(2)23(26)30)18(15-5-3-4-6-16(15)24)28-11-12-31-21(20(19)28)13-7-9-14(25)10-8-13/h3-10,21H,11-12H2,1-2H3. The molecule has 4 aromatic rings. The first-order chi connectivity index (χ1) is 14.9. The summed E-state index contributed by atoms with van der Waals surface area (Å²) < 4.78 is 25.2. The van der Waals surface area contributed by atoms with Crippen LogP contribution in [0.1, 0.15) is 17.4 Å². The molecule has 1 aliphatic rings. The third-order valence-corrected chi connectivity index (χ3v) is 6.55. The van der Waals surface area contributed by atoms with Crippen LogP contribution in [0.25, 0.3) is 22.2 Å². The molecule has 0 fully saturated rings. The molecule has 5 rings (SSSR count). The highest BCUT2D eigenvalue weighted by atomic mass is 79.9. The molecule has 0 N–H and O–H groups in total.